The Morgan fingerprint density at radius 3 is 2.78 bits per heavy atom. The SMILES string of the molecule is Cc1cccc(C(N)Cc2ccc(Br)cn2)c1F. The van der Waals surface area contributed by atoms with Gasteiger partial charge in [-0.25, -0.2) is 4.39 Å². The van der Waals surface area contributed by atoms with Gasteiger partial charge in [0.1, 0.15) is 5.82 Å². The van der Waals surface area contributed by atoms with Crippen molar-refractivity contribution in [3.63, 3.8) is 0 Å². The topological polar surface area (TPSA) is 38.9 Å². The van der Waals surface area contributed by atoms with Gasteiger partial charge in [-0.1, -0.05) is 18.2 Å². The lowest BCUT2D eigenvalue weighted by Crippen LogP contribution is -2.16. The average molecular weight is 309 g/mol. The van der Waals surface area contributed by atoms with Crippen LogP contribution in [0.1, 0.15) is 22.9 Å². The van der Waals surface area contributed by atoms with Crippen molar-refractivity contribution < 1.29 is 4.39 Å². The molecule has 2 rings (SSSR count). The first-order valence-electron chi connectivity index (χ1n) is 5.69. The predicted molar refractivity (Wildman–Crippen MR) is 73.7 cm³/mol. The third kappa shape index (κ3) is 2.94. The lowest BCUT2D eigenvalue weighted by molar-refractivity contribution is 0.571. The number of nitrogens with zero attached hydrogens (tertiary/aromatic N) is 1. The van der Waals surface area contributed by atoms with Crippen molar-refractivity contribution in [2.24, 2.45) is 5.73 Å². The first-order valence-corrected chi connectivity index (χ1v) is 6.48. The van der Waals surface area contributed by atoms with Gasteiger partial charge in [0.05, 0.1) is 0 Å². The minimum atomic E-state index is -0.376. The number of pyridine rings is 1. The van der Waals surface area contributed by atoms with Crippen molar-refractivity contribution in [1.82, 2.24) is 4.98 Å². The lowest BCUT2D eigenvalue weighted by Gasteiger charge is -2.13. The van der Waals surface area contributed by atoms with Crippen LogP contribution in [-0.2, 0) is 6.42 Å². The maximum absolute atomic E-state index is 13.9. The quantitative estimate of drug-likeness (QED) is 0.942. The van der Waals surface area contributed by atoms with Crippen LogP contribution in [0, 0.1) is 12.7 Å². The van der Waals surface area contributed by atoms with Crippen molar-refractivity contribution in [1.29, 1.82) is 0 Å². The van der Waals surface area contributed by atoms with Crippen molar-refractivity contribution in [3.05, 3.63) is 63.6 Å². The number of benzene rings is 1. The summed E-state index contributed by atoms with van der Waals surface area (Å²) >= 11 is 3.32. The van der Waals surface area contributed by atoms with E-state index in [9.17, 15) is 4.39 Å². The number of aromatic nitrogens is 1. The maximum Gasteiger partial charge on any atom is 0.130 e. The minimum absolute atomic E-state index is 0.220. The molecular weight excluding hydrogens is 295 g/mol. The Morgan fingerprint density at radius 2 is 2.11 bits per heavy atom. The molecule has 1 heterocycles. The molecule has 0 aliphatic heterocycles. The monoisotopic (exact) mass is 308 g/mol. The highest BCUT2D eigenvalue weighted by Gasteiger charge is 2.13. The summed E-state index contributed by atoms with van der Waals surface area (Å²) in [6.45, 7) is 1.74. The normalized spacial score (nSPS) is 12.4. The molecule has 4 heteroatoms. The van der Waals surface area contributed by atoms with E-state index in [1.54, 1.807) is 25.3 Å². The zero-order valence-corrected chi connectivity index (χ0v) is 11.6. The largest absolute Gasteiger partial charge is 0.324 e. The summed E-state index contributed by atoms with van der Waals surface area (Å²) < 4.78 is 14.8. The molecular formula is C14H14BrFN2. The van der Waals surface area contributed by atoms with Gasteiger partial charge in [-0.05, 0) is 40.5 Å². The number of aryl methyl sites for hydroxylation is 1. The Morgan fingerprint density at radius 1 is 1.33 bits per heavy atom. The highest BCUT2D eigenvalue weighted by atomic mass is 79.9. The molecule has 94 valence electrons. The summed E-state index contributed by atoms with van der Waals surface area (Å²) in [5.41, 5.74) is 8.06. The molecule has 0 spiro atoms. The molecule has 1 unspecified atom stereocenters. The van der Waals surface area contributed by atoms with E-state index < -0.39 is 0 Å². The molecule has 0 saturated carbocycles. The number of halogens is 2. The molecule has 0 aliphatic carbocycles. The first kappa shape index (κ1) is 13.2. The van der Waals surface area contributed by atoms with Crippen LogP contribution in [0.3, 0.4) is 0 Å². The van der Waals surface area contributed by atoms with Gasteiger partial charge >= 0.3 is 0 Å². The van der Waals surface area contributed by atoms with Gasteiger partial charge in [-0.3, -0.25) is 4.98 Å². The van der Waals surface area contributed by atoms with E-state index in [1.165, 1.54) is 0 Å². The number of hydrogen-bond acceptors (Lipinski definition) is 2. The highest BCUT2D eigenvalue weighted by Crippen LogP contribution is 2.21. The zero-order valence-electron chi connectivity index (χ0n) is 10.0. The molecule has 0 radical (unpaired) electrons. The molecule has 0 fully saturated rings. The van der Waals surface area contributed by atoms with Crippen molar-refractivity contribution in [3.8, 4) is 0 Å². The van der Waals surface area contributed by atoms with Gasteiger partial charge in [0.2, 0.25) is 0 Å². The molecule has 1 aromatic heterocycles. The third-order valence-electron chi connectivity index (χ3n) is 2.84. The summed E-state index contributed by atoms with van der Waals surface area (Å²) in [4.78, 5) is 4.25. The van der Waals surface area contributed by atoms with Crippen LogP contribution in [0.25, 0.3) is 0 Å². The predicted octanol–water partition coefficient (Wildman–Crippen LogP) is 3.53. The van der Waals surface area contributed by atoms with E-state index in [0.717, 1.165) is 10.2 Å². The minimum Gasteiger partial charge on any atom is -0.324 e. The van der Waals surface area contributed by atoms with Gasteiger partial charge in [0.25, 0.3) is 0 Å². The fraction of sp³-hybridized carbons (Fsp3) is 0.214. The molecule has 0 aliphatic rings. The van der Waals surface area contributed by atoms with Crippen LogP contribution in [0.2, 0.25) is 0 Å². The fourth-order valence-electron chi connectivity index (χ4n) is 1.82. The van der Waals surface area contributed by atoms with Crippen LogP contribution in [0.15, 0.2) is 41.0 Å². The summed E-state index contributed by atoms with van der Waals surface area (Å²) in [5.74, 6) is -0.220. The van der Waals surface area contributed by atoms with Crippen LogP contribution in [0.4, 0.5) is 4.39 Å². The summed E-state index contributed by atoms with van der Waals surface area (Å²) in [5, 5.41) is 0. The number of rotatable bonds is 3. The Kier molecular flexibility index (Phi) is 4.09. The van der Waals surface area contributed by atoms with E-state index in [-0.39, 0.29) is 11.9 Å². The summed E-state index contributed by atoms with van der Waals surface area (Å²) in [6, 6.07) is 8.70. The molecule has 2 N–H and O–H groups in total. The number of hydrogen-bond donors (Lipinski definition) is 1. The van der Waals surface area contributed by atoms with Gasteiger partial charge in [-0.15, -0.1) is 0 Å². The fourth-order valence-corrected chi connectivity index (χ4v) is 2.05. The Labute approximate surface area is 114 Å². The summed E-state index contributed by atoms with van der Waals surface area (Å²) in [6.07, 6.45) is 2.24. The Balaban J connectivity index is 2.19. The van der Waals surface area contributed by atoms with Gasteiger partial charge in [-0.2, -0.15) is 0 Å². The molecule has 2 aromatic rings. The van der Waals surface area contributed by atoms with E-state index in [2.05, 4.69) is 20.9 Å². The van der Waals surface area contributed by atoms with Gasteiger partial charge in [0, 0.05) is 34.4 Å². The molecule has 0 amide bonds. The van der Waals surface area contributed by atoms with E-state index in [0.29, 0.717) is 17.5 Å². The smallest absolute Gasteiger partial charge is 0.130 e. The lowest BCUT2D eigenvalue weighted by atomic mass is 10.00. The second-order valence-electron chi connectivity index (χ2n) is 4.26. The third-order valence-corrected chi connectivity index (χ3v) is 3.31. The second-order valence-corrected chi connectivity index (χ2v) is 5.17. The van der Waals surface area contributed by atoms with E-state index in [1.807, 2.05) is 18.2 Å². The molecule has 1 aromatic carbocycles. The average Bonchev–Trinajstić information content (AvgIpc) is 2.35. The second kappa shape index (κ2) is 5.59. The van der Waals surface area contributed by atoms with Crippen molar-refractivity contribution in [2.75, 3.05) is 0 Å². The van der Waals surface area contributed by atoms with Gasteiger partial charge < -0.3 is 5.73 Å². The molecule has 2 nitrogen and oxygen atoms in total. The highest BCUT2D eigenvalue weighted by molar-refractivity contribution is 9.10. The number of nitrogens with two attached hydrogens (primary N) is 1. The van der Waals surface area contributed by atoms with Crippen molar-refractivity contribution >= 4 is 15.9 Å². The summed E-state index contributed by atoms with van der Waals surface area (Å²) in [7, 11) is 0. The van der Waals surface area contributed by atoms with Crippen LogP contribution < -0.4 is 5.73 Å². The maximum atomic E-state index is 13.9. The van der Waals surface area contributed by atoms with E-state index in [4.69, 9.17) is 5.73 Å². The van der Waals surface area contributed by atoms with Crippen LogP contribution >= 0.6 is 15.9 Å². The molecule has 18 heavy (non-hydrogen) atoms. The van der Waals surface area contributed by atoms with Crippen LogP contribution in [-0.4, -0.2) is 4.98 Å². The van der Waals surface area contributed by atoms with Crippen LogP contribution in [0.5, 0.6) is 0 Å². The molecule has 0 saturated heterocycles. The first-order chi connectivity index (χ1) is 8.58. The van der Waals surface area contributed by atoms with E-state index >= 15 is 0 Å². The standard InChI is InChI=1S/C14H14BrFN2/c1-9-3-2-4-12(14(9)16)13(17)7-11-6-5-10(15)8-18-11/h2-6,8,13H,7,17H2,1H3. The Hall–Kier alpha value is -1.26. The zero-order chi connectivity index (χ0) is 13.1. The molecule has 1 atom stereocenters. The van der Waals surface area contributed by atoms with Gasteiger partial charge in [0.15, 0.2) is 0 Å². The van der Waals surface area contributed by atoms with Crippen molar-refractivity contribution in [2.45, 2.75) is 19.4 Å². The Bertz CT molecular complexity index is 540. The molecule has 0 bridgehead atoms.